The maximum atomic E-state index is 5.09. The molecule has 0 saturated heterocycles. The quantitative estimate of drug-likeness (QED) is 0.162. The van der Waals surface area contributed by atoms with Gasteiger partial charge >= 0.3 is 0 Å². The average Bonchev–Trinajstić information content (AvgIpc) is 3.86. The predicted molar refractivity (Wildman–Crippen MR) is 262 cm³/mol. The van der Waals surface area contributed by atoms with Crippen LogP contribution in [-0.2, 0) is 5.41 Å². The first-order chi connectivity index (χ1) is 30.5. The van der Waals surface area contributed by atoms with Crippen molar-refractivity contribution in [3.63, 3.8) is 0 Å². The molecular formula is C60H40N2. The summed E-state index contributed by atoms with van der Waals surface area (Å²) in [7, 11) is 0. The lowest BCUT2D eigenvalue weighted by atomic mass is 9.78. The lowest BCUT2D eigenvalue weighted by Gasteiger charge is -2.24. The maximum absolute atomic E-state index is 5.09. The zero-order valence-corrected chi connectivity index (χ0v) is 34.5. The van der Waals surface area contributed by atoms with Gasteiger partial charge in [-0.15, -0.1) is 0 Å². The fourth-order valence-electron chi connectivity index (χ4n) is 10.7. The number of hydrogen-bond acceptors (Lipinski definition) is 1. The molecule has 13 rings (SSSR count). The molecule has 62 heavy (non-hydrogen) atoms. The van der Waals surface area contributed by atoms with Gasteiger partial charge in [0.2, 0.25) is 0 Å². The van der Waals surface area contributed by atoms with Gasteiger partial charge in [0.05, 0.1) is 5.69 Å². The molecule has 0 unspecified atom stereocenters. The van der Waals surface area contributed by atoms with Gasteiger partial charge < -0.3 is 4.40 Å². The number of imidazole rings is 1. The molecule has 0 amide bonds. The SMILES string of the molecule is CC1(C)c2cc(-c3ccc(-c4cn5ccc6ccccc6c5n4)cc3)ccc2-c2cc3c(-c4cccc5ccccc45)c4ccccc4c(-c4cccc5ccccc45)c3cc21. The highest BCUT2D eigenvalue weighted by molar-refractivity contribution is 6.26. The second kappa shape index (κ2) is 13.1. The van der Waals surface area contributed by atoms with E-state index in [-0.39, 0.29) is 5.41 Å². The van der Waals surface area contributed by atoms with Crippen molar-refractivity contribution in [3.05, 3.63) is 218 Å². The van der Waals surface area contributed by atoms with Gasteiger partial charge in [0.25, 0.3) is 0 Å². The Bertz CT molecular complexity index is 3820. The van der Waals surface area contributed by atoms with Gasteiger partial charge in [-0.1, -0.05) is 184 Å². The highest BCUT2D eigenvalue weighted by Crippen LogP contribution is 2.54. The standard InChI is InChI=1S/C60H40N2/c1-60(2)54-33-42(37-25-27-41(28-26-37)56-36-62-32-31-40-15-5-8-20-45(40)59(62)61-56)29-30-46(54)51-34-52-53(35-55(51)60)58(48-24-12-17-39-14-4-7-19-44(39)48)50-22-10-9-21-49(50)57(52)47-23-11-16-38-13-3-6-18-43(38)47/h3-36H,1-2H3. The van der Waals surface area contributed by atoms with Crippen LogP contribution in [0.3, 0.4) is 0 Å². The number of fused-ring (bicyclic) bond motifs is 10. The van der Waals surface area contributed by atoms with Crippen LogP contribution in [0.5, 0.6) is 0 Å². The first-order valence-corrected chi connectivity index (χ1v) is 21.6. The Morgan fingerprint density at radius 1 is 0.371 bits per heavy atom. The minimum Gasteiger partial charge on any atom is -0.306 e. The van der Waals surface area contributed by atoms with Gasteiger partial charge in [-0.3, -0.25) is 0 Å². The van der Waals surface area contributed by atoms with E-state index in [0.717, 1.165) is 22.3 Å². The third kappa shape index (κ3) is 5.07. The zero-order chi connectivity index (χ0) is 41.1. The molecule has 2 aromatic heterocycles. The van der Waals surface area contributed by atoms with Crippen molar-refractivity contribution in [2.75, 3.05) is 0 Å². The Labute approximate surface area is 360 Å². The van der Waals surface area contributed by atoms with E-state index in [0.29, 0.717) is 0 Å². The molecule has 1 aliphatic carbocycles. The number of pyridine rings is 1. The number of hydrogen-bond donors (Lipinski definition) is 0. The average molecular weight is 789 g/mol. The summed E-state index contributed by atoms with van der Waals surface area (Å²) >= 11 is 0. The van der Waals surface area contributed by atoms with Gasteiger partial charge in [-0.2, -0.15) is 0 Å². The minimum atomic E-state index is -0.227. The summed E-state index contributed by atoms with van der Waals surface area (Å²) < 4.78 is 2.13. The van der Waals surface area contributed by atoms with E-state index < -0.39 is 0 Å². The number of rotatable bonds is 4. The monoisotopic (exact) mass is 788 g/mol. The molecule has 2 heterocycles. The second-order valence-corrected chi connectivity index (χ2v) is 17.5. The molecule has 0 bridgehead atoms. The predicted octanol–water partition coefficient (Wildman–Crippen LogP) is 16.1. The Morgan fingerprint density at radius 2 is 0.871 bits per heavy atom. The van der Waals surface area contributed by atoms with Crippen LogP contribution in [0.15, 0.2) is 207 Å². The molecular weight excluding hydrogens is 749 g/mol. The van der Waals surface area contributed by atoms with Crippen LogP contribution in [0.1, 0.15) is 25.0 Å². The molecule has 0 spiro atoms. The number of benzene rings is 10. The van der Waals surface area contributed by atoms with E-state index in [4.69, 9.17) is 4.98 Å². The van der Waals surface area contributed by atoms with Crippen LogP contribution in [0.2, 0.25) is 0 Å². The molecule has 1 aliphatic rings. The lowest BCUT2D eigenvalue weighted by molar-refractivity contribution is 0.661. The van der Waals surface area contributed by atoms with Crippen molar-refractivity contribution >= 4 is 59.5 Å². The van der Waals surface area contributed by atoms with E-state index in [9.17, 15) is 0 Å². The van der Waals surface area contributed by atoms with E-state index in [1.807, 2.05) is 0 Å². The Hall–Kier alpha value is -7.81. The van der Waals surface area contributed by atoms with Crippen LogP contribution in [0.4, 0.5) is 0 Å². The topological polar surface area (TPSA) is 17.3 Å². The maximum Gasteiger partial charge on any atom is 0.145 e. The number of aromatic nitrogens is 2. The first kappa shape index (κ1) is 35.0. The zero-order valence-electron chi connectivity index (χ0n) is 34.5. The van der Waals surface area contributed by atoms with Gasteiger partial charge in [-0.25, -0.2) is 4.98 Å². The van der Waals surface area contributed by atoms with Gasteiger partial charge in [0.1, 0.15) is 5.65 Å². The molecule has 10 aromatic carbocycles. The molecule has 0 atom stereocenters. The van der Waals surface area contributed by atoms with Crippen molar-refractivity contribution < 1.29 is 0 Å². The highest BCUT2D eigenvalue weighted by Gasteiger charge is 2.37. The van der Waals surface area contributed by atoms with E-state index in [2.05, 4.69) is 225 Å². The normalized spacial score (nSPS) is 13.1. The van der Waals surface area contributed by atoms with Crippen molar-refractivity contribution in [3.8, 4) is 55.8 Å². The van der Waals surface area contributed by atoms with Crippen molar-refractivity contribution in [2.24, 2.45) is 0 Å². The molecule has 0 fully saturated rings. The Kier molecular flexibility index (Phi) is 7.39. The Morgan fingerprint density at radius 3 is 1.52 bits per heavy atom. The summed E-state index contributed by atoms with van der Waals surface area (Å²) in [6, 6.07) is 72.0. The van der Waals surface area contributed by atoms with Gasteiger partial charge in [0, 0.05) is 28.8 Å². The van der Waals surface area contributed by atoms with Crippen molar-refractivity contribution in [1.82, 2.24) is 9.38 Å². The van der Waals surface area contributed by atoms with Crippen LogP contribution in [0.25, 0.3) is 115 Å². The molecule has 0 saturated carbocycles. The minimum absolute atomic E-state index is 0.227. The fraction of sp³-hybridized carbons (Fsp3) is 0.0500. The van der Waals surface area contributed by atoms with E-state index in [1.54, 1.807) is 0 Å². The van der Waals surface area contributed by atoms with Gasteiger partial charge in [-0.05, 0) is 128 Å². The van der Waals surface area contributed by atoms with Crippen LogP contribution in [-0.4, -0.2) is 9.38 Å². The smallest absolute Gasteiger partial charge is 0.145 e. The molecule has 2 nitrogen and oxygen atoms in total. The molecule has 0 N–H and O–H groups in total. The van der Waals surface area contributed by atoms with Crippen molar-refractivity contribution in [2.45, 2.75) is 19.3 Å². The molecule has 2 heteroatoms. The molecule has 0 radical (unpaired) electrons. The third-order valence-corrected chi connectivity index (χ3v) is 13.8. The summed E-state index contributed by atoms with van der Waals surface area (Å²) in [5.41, 5.74) is 15.7. The summed E-state index contributed by atoms with van der Waals surface area (Å²) in [5.74, 6) is 0. The number of nitrogens with zero attached hydrogens (tertiary/aromatic N) is 2. The van der Waals surface area contributed by atoms with Crippen LogP contribution in [0, 0.1) is 0 Å². The Balaban J connectivity index is 1.01. The summed E-state index contributed by atoms with van der Waals surface area (Å²) in [6.45, 7) is 4.82. The van der Waals surface area contributed by atoms with Crippen molar-refractivity contribution in [1.29, 1.82) is 0 Å². The highest BCUT2D eigenvalue weighted by atomic mass is 15.0. The molecule has 12 aromatic rings. The van der Waals surface area contributed by atoms with Crippen LogP contribution < -0.4 is 0 Å². The first-order valence-electron chi connectivity index (χ1n) is 21.6. The fourth-order valence-corrected chi connectivity index (χ4v) is 10.7. The summed E-state index contributed by atoms with van der Waals surface area (Å²) in [4.78, 5) is 5.09. The largest absolute Gasteiger partial charge is 0.306 e. The molecule has 290 valence electrons. The van der Waals surface area contributed by atoms with E-state index in [1.165, 1.54) is 104 Å². The third-order valence-electron chi connectivity index (χ3n) is 13.8. The van der Waals surface area contributed by atoms with E-state index >= 15 is 0 Å². The summed E-state index contributed by atoms with van der Waals surface area (Å²) in [6.07, 6.45) is 4.24. The van der Waals surface area contributed by atoms with Crippen LogP contribution >= 0.6 is 0 Å². The lowest BCUT2D eigenvalue weighted by Crippen LogP contribution is -2.15. The molecule has 0 aliphatic heterocycles. The second-order valence-electron chi connectivity index (χ2n) is 17.5. The summed E-state index contributed by atoms with van der Waals surface area (Å²) in [5, 5.41) is 12.5. The van der Waals surface area contributed by atoms with Gasteiger partial charge in [0.15, 0.2) is 0 Å².